The number of amides is 1. The lowest BCUT2D eigenvalue weighted by Crippen LogP contribution is -2.25. The molecule has 0 aliphatic heterocycles. The molecule has 0 spiro atoms. The third-order valence-electron chi connectivity index (χ3n) is 3.52. The molecule has 3 heteroatoms. The monoisotopic (exact) mass is 307 g/mol. The summed E-state index contributed by atoms with van der Waals surface area (Å²) >= 11 is 0. The van der Waals surface area contributed by atoms with Crippen LogP contribution in [0.2, 0.25) is 0 Å². The van der Waals surface area contributed by atoms with E-state index in [1.165, 1.54) is 5.56 Å². The fraction of sp³-hybridized carbons (Fsp3) is 0.250. The van der Waals surface area contributed by atoms with E-state index in [-0.39, 0.29) is 5.91 Å². The van der Waals surface area contributed by atoms with Gasteiger partial charge in [0.2, 0.25) is 5.91 Å². The van der Waals surface area contributed by atoms with E-state index in [1.54, 1.807) is 0 Å². The molecule has 2 rings (SSSR count). The first-order valence-electron chi connectivity index (χ1n) is 7.66. The molecule has 0 aliphatic rings. The molecule has 0 fully saturated rings. The summed E-state index contributed by atoms with van der Waals surface area (Å²) in [5, 5.41) is 2.77. The van der Waals surface area contributed by atoms with Crippen LogP contribution in [0, 0.1) is 25.7 Å². The van der Waals surface area contributed by atoms with Crippen LogP contribution in [-0.2, 0) is 4.79 Å². The molecular formula is C20H21NO2. The molecule has 1 N–H and O–H groups in total. The fourth-order valence-corrected chi connectivity index (χ4v) is 2.03. The van der Waals surface area contributed by atoms with Crippen LogP contribution >= 0.6 is 0 Å². The first-order chi connectivity index (χ1) is 11.2. The Kier molecular flexibility index (Phi) is 6.26. The summed E-state index contributed by atoms with van der Waals surface area (Å²) in [6.45, 7) is 4.77. The SMILES string of the molecule is Cc1cccc(OCCC(=O)NCC#Cc2ccccc2)c1C. The van der Waals surface area contributed by atoms with Gasteiger partial charge in [-0.2, -0.15) is 0 Å². The average Bonchev–Trinajstić information content (AvgIpc) is 2.56. The number of aryl methyl sites for hydroxylation is 1. The van der Waals surface area contributed by atoms with Crippen LogP contribution in [0.1, 0.15) is 23.1 Å². The maximum atomic E-state index is 11.7. The van der Waals surface area contributed by atoms with Gasteiger partial charge in [0, 0.05) is 5.56 Å². The highest BCUT2D eigenvalue weighted by Crippen LogP contribution is 2.20. The quantitative estimate of drug-likeness (QED) is 0.861. The van der Waals surface area contributed by atoms with Crippen molar-refractivity contribution in [1.29, 1.82) is 0 Å². The van der Waals surface area contributed by atoms with Crippen LogP contribution in [0.25, 0.3) is 0 Å². The molecular weight excluding hydrogens is 286 g/mol. The summed E-state index contributed by atoms with van der Waals surface area (Å²) in [5.41, 5.74) is 3.24. The molecule has 0 unspecified atom stereocenters. The summed E-state index contributed by atoms with van der Waals surface area (Å²) in [7, 11) is 0. The smallest absolute Gasteiger partial charge is 0.224 e. The van der Waals surface area contributed by atoms with Gasteiger partial charge in [0.1, 0.15) is 5.75 Å². The van der Waals surface area contributed by atoms with E-state index in [1.807, 2.05) is 62.4 Å². The van der Waals surface area contributed by atoms with Crippen molar-refractivity contribution < 1.29 is 9.53 Å². The Bertz CT molecular complexity index is 711. The Morgan fingerprint density at radius 3 is 2.65 bits per heavy atom. The van der Waals surface area contributed by atoms with Crippen LogP contribution in [0.5, 0.6) is 5.75 Å². The maximum absolute atomic E-state index is 11.7. The van der Waals surface area contributed by atoms with Gasteiger partial charge < -0.3 is 10.1 Å². The molecule has 118 valence electrons. The van der Waals surface area contributed by atoms with Crippen molar-refractivity contribution in [2.24, 2.45) is 0 Å². The summed E-state index contributed by atoms with van der Waals surface area (Å²) in [5.74, 6) is 6.71. The Hall–Kier alpha value is -2.73. The highest BCUT2D eigenvalue weighted by atomic mass is 16.5. The molecule has 0 heterocycles. The molecule has 1 amide bonds. The van der Waals surface area contributed by atoms with Crippen LogP contribution in [-0.4, -0.2) is 19.1 Å². The number of hydrogen-bond donors (Lipinski definition) is 1. The maximum Gasteiger partial charge on any atom is 0.224 e. The fourth-order valence-electron chi connectivity index (χ4n) is 2.03. The Morgan fingerprint density at radius 1 is 1.09 bits per heavy atom. The summed E-state index contributed by atoms with van der Waals surface area (Å²) in [6.07, 6.45) is 0.320. The Morgan fingerprint density at radius 2 is 1.87 bits per heavy atom. The van der Waals surface area contributed by atoms with E-state index >= 15 is 0 Å². The van der Waals surface area contributed by atoms with Gasteiger partial charge >= 0.3 is 0 Å². The average molecular weight is 307 g/mol. The Labute approximate surface area is 137 Å². The number of nitrogens with one attached hydrogen (secondary N) is 1. The third-order valence-corrected chi connectivity index (χ3v) is 3.52. The van der Waals surface area contributed by atoms with Crippen LogP contribution in [0.15, 0.2) is 48.5 Å². The van der Waals surface area contributed by atoms with Gasteiger partial charge in [0.05, 0.1) is 19.6 Å². The van der Waals surface area contributed by atoms with Crippen molar-refractivity contribution in [2.45, 2.75) is 20.3 Å². The molecule has 0 atom stereocenters. The molecule has 0 bridgehead atoms. The molecule has 0 saturated heterocycles. The largest absolute Gasteiger partial charge is 0.493 e. The molecule has 2 aromatic rings. The lowest BCUT2D eigenvalue weighted by Gasteiger charge is -2.10. The predicted octanol–water partition coefficient (Wildman–Crippen LogP) is 3.24. The van der Waals surface area contributed by atoms with Crippen molar-refractivity contribution in [3.8, 4) is 17.6 Å². The zero-order chi connectivity index (χ0) is 16.5. The van der Waals surface area contributed by atoms with Gasteiger partial charge in [-0.3, -0.25) is 4.79 Å². The molecule has 0 radical (unpaired) electrons. The first kappa shape index (κ1) is 16.6. The number of rotatable bonds is 5. The van der Waals surface area contributed by atoms with Crippen molar-refractivity contribution >= 4 is 5.91 Å². The van der Waals surface area contributed by atoms with Crippen molar-refractivity contribution in [3.63, 3.8) is 0 Å². The second-order valence-corrected chi connectivity index (χ2v) is 5.24. The van der Waals surface area contributed by atoms with Gasteiger partial charge in [0.15, 0.2) is 0 Å². The molecule has 0 saturated carbocycles. The summed E-state index contributed by atoms with van der Waals surface area (Å²) in [6, 6.07) is 15.6. The standard InChI is InChI=1S/C20H21NO2/c1-16-8-6-12-19(17(16)2)23-15-13-20(22)21-14-7-11-18-9-4-3-5-10-18/h3-6,8-10,12H,13-15H2,1-2H3,(H,21,22). The van der Waals surface area contributed by atoms with Gasteiger partial charge in [0.25, 0.3) is 0 Å². The molecule has 0 aromatic heterocycles. The molecule has 23 heavy (non-hydrogen) atoms. The second kappa shape index (κ2) is 8.65. The van der Waals surface area contributed by atoms with E-state index in [2.05, 4.69) is 17.2 Å². The predicted molar refractivity (Wildman–Crippen MR) is 92.4 cm³/mol. The van der Waals surface area contributed by atoms with Crippen LogP contribution in [0.4, 0.5) is 0 Å². The minimum atomic E-state index is -0.0577. The minimum Gasteiger partial charge on any atom is -0.493 e. The summed E-state index contributed by atoms with van der Waals surface area (Å²) in [4.78, 5) is 11.7. The van der Waals surface area contributed by atoms with Crippen molar-refractivity contribution in [2.75, 3.05) is 13.2 Å². The molecule has 0 aliphatic carbocycles. The lowest BCUT2D eigenvalue weighted by atomic mass is 10.1. The van der Waals surface area contributed by atoms with E-state index in [0.29, 0.717) is 19.6 Å². The van der Waals surface area contributed by atoms with Gasteiger partial charge in [-0.05, 0) is 43.2 Å². The van der Waals surface area contributed by atoms with Crippen molar-refractivity contribution in [3.05, 3.63) is 65.2 Å². The molecule has 3 nitrogen and oxygen atoms in total. The highest BCUT2D eigenvalue weighted by molar-refractivity contribution is 5.76. The van der Waals surface area contributed by atoms with Crippen molar-refractivity contribution in [1.82, 2.24) is 5.32 Å². The Balaban J connectivity index is 1.70. The van der Waals surface area contributed by atoms with Gasteiger partial charge in [-0.15, -0.1) is 0 Å². The number of ether oxygens (including phenoxy) is 1. The van der Waals surface area contributed by atoms with Crippen LogP contribution in [0.3, 0.4) is 0 Å². The lowest BCUT2D eigenvalue weighted by molar-refractivity contribution is -0.121. The number of carbonyl (C=O) groups is 1. The van der Waals surface area contributed by atoms with Gasteiger partial charge in [-0.1, -0.05) is 42.2 Å². The first-order valence-corrected chi connectivity index (χ1v) is 7.66. The number of benzene rings is 2. The van der Waals surface area contributed by atoms with E-state index in [0.717, 1.165) is 16.9 Å². The summed E-state index contributed by atoms with van der Waals surface area (Å²) < 4.78 is 5.67. The van der Waals surface area contributed by atoms with Gasteiger partial charge in [-0.25, -0.2) is 0 Å². The second-order valence-electron chi connectivity index (χ2n) is 5.24. The van der Waals surface area contributed by atoms with Crippen LogP contribution < -0.4 is 10.1 Å². The number of hydrogen-bond acceptors (Lipinski definition) is 2. The third kappa shape index (κ3) is 5.52. The highest BCUT2D eigenvalue weighted by Gasteiger charge is 2.04. The van der Waals surface area contributed by atoms with E-state index < -0.39 is 0 Å². The number of carbonyl (C=O) groups excluding carboxylic acids is 1. The van der Waals surface area contributed by atoms with E-state index in [4.69, 9.17) is 4.74 Å². The molecule has 2 aromatic carbocycles. The van der Waals surface area contributed by atoms with E-state index in [9.17, 15) is 4.79 Å². The zero-order valence-electron chi connectivity index (χ0n) is 13.6. The normalized spacial score (nSPS) is 9.65. The minimum absolute atomic E-state index is 0.0577. The topological polar surface area (TPSA) is 38.3 Å². The zero-order valence-corrected chi connectivity index (χ0v) is 13.6.